The van der Waals surface area contributed by atoms with Gasteiger partial charge in [-0.25, -0.2) is 8.42 Å². The molecule has 0 unspecified atom stereocenters. The molecule has 33 heavy (non-hydrogen) atoms. The molecule has 8 heteroatoms. The molecule has 0 atom stereocenters. The summed E-state index contributed by atoms with van der Waals surface area (Å²) in [6.07, 6.45) is 5.58. The first kappa shape index (κ1) is 24.9. The summed E-state index contributed by atoms with van der Waals surface area (Å²) in [5.41, 5.74) is 1.68. The molecule has 2 aromatic carbocycles. The second-order valence-corrected chi connectivity index (χ2v) is 10.3. The van der Waals surface area contributed by atoms with E-state index in [0.29, 0.717) is 36.4 Å². The Bertz CT molecular complexity index is 1090. The van der Waals surface area contributed by atoms with Crippen molar-refractivity contribution in [2.45, 2.75) is 57.3 Å². The van der Waals surface area contributed by atoms with Crippen molar-refractivity contribution in [3.05, 3.63) is 59.2 Å². The van der Waals surface area contributed by atoms with Crippen LogP contribution < -0.4 is 10.6 Å². The molecule has 0 aliphatic carbocycles. The van der Waals surface area contributed by atoms with Gasteiger partial charge in [0.15, 0.2) is 0 Å². The Hall–Kier alpha value is -2.71. The third-order valence-electron chi connectivity index (χ3n) is 5.89. The van der Waals surface area contributed by atoms with Gasteiger partial charge >= 0.3 is 0 Å². The van der Waals surface area contributed by atoms with Gasteiger partial charge in [-0.2, -0.15) is 4.31 Å². The number of hydrogen-bond acceptors (Lipinski definition) is 4. The van der Waals surface area contributed by atoms with Crippen LogP contribution in [-0.4, -0.2) is 44.2 Å². The molecule has 0 saturated carbocycles. The molecule has 1 heterocycles. The second-order valence-electron chi connectivity index (χ2n) is 8.40. The molecule has 1 aliphatic heterocycles. The minimum absolute atomic E-state index is 0.116. The van der Waals surface area contributed by atoms with Gasteiger partial charge in [0.1, 0.15) is 0 Å². The molecule has 3 rings (SSSR count). The number of amides is 2. The number of rotatable bonds is 8. The van der Waals surface area contributed by atoms with Crippen molar-refractivity contribution in [3.63, 3.8) is 0 Å². The van der Waals surface area contributed by atoms with Crippen LogP contribution in [0.15, 0.2) is 47.4 Å². The summed E-state index contributed by atoms with van der Waals surface area (Å²) < 4.78 is 27.9. The van der Waals surface area contributed by atoms with E-state index in [1.165, 1.54) is 10.4 Å². The van der Waals surface area contributed by atoms with E-state index in [4.69, 9.17) is 0 Å². The van der Waals surface area contributed by atoms with Gasteiger partial charge in [-0.1, -0.05) is 44.4 Å². The molecule has 178 valence electrons. The lowest BCUT2D eigenvalue weighted by molar-refractivity contribution is 0.0954. The van der Waals surface area contributed by atoms with E-state index in [1.807, 2.05) is 6.92 Å². The number of carbonyl (C=O) groups is 2. The highest BCUT2D eigenvalue weighted by Crippen LogP contribution is 2.24. The maximum Gasteiger partial charge on any atom is 0.255 e. The van der Waals surface area contributed by atoms with Crippen LogP contribution in [0, 0.1) is 6.92 Å². The fourth-order valence-electron chi connectivity index (χ4n) is 3.89. The van der Waals surface area contributed by atoms with E-state index >= 15 is 0 Å². The van der Waals surface area contributed by atoms with Crippen molar-refractivity contribution >= 4 is 27.5 Å². The monoisotopic (exact) mass is 471 g/mol. The van der Waals surface area contributed by atoms with Crippen LogP contribution >= 0.6 is 0 Å². The van der Waals surface area contributed by atoms with Gasteiger partial charge in [-0.3, -0.25) is 9.59 Å². The number of nitrogens with zero attached hydrogens (tertiary/aromatic N) is 1. The number of hydrogen-bond donors (Lipinski definition) is 2. The molecule has 1 aliphatic rings. The zero-order valence-corrected chi connectivity index (χ0v) is 20.2. The van der Waals surface area contributed by atoms with Crippen LogP contribution in [0.4, 0.5) is 5.69 Å². The Labute approximate surface area is 196 Å². The van der Waals surface area contributed by atoms with E-state index in [-0.39, 0.29) is 16.4 Å². The molecule has 0 spiro atoms. The molecule has 0 radical (unpaired) electrons. The van der Waals surface area contributed by atoms with E-state index in [0.717, 1.165) is 38.5 Å². The SMILES string of the molecule is CCCCNC(=O)c1ccccc1NC(=O)c1cc(S(=O)(=O)N2CCCCCC2)ccc1C. The molecular weight excluding hydrogens is 438 g/mol. The normalized spacial score (nSPS) is 15.0. The number of aryl methyl sites for hydroxylation is 1. The number of para-hydroxylation sites is 1. The highest BCUT2D eigenvalue weighted by Gasteiger charge is 2.26. The van der Waals surface area contributed by atoms with Crippen LogP contribution in [-0.2, 0) is 10.0 Å². The van der Waals surface area contributed by atoms with Gasteiger partial charge in [0.2, 0.25) is 10.0 Å². The summed E-state index contributed by atoms with van der Waals surface area (Å²) in [5, 5.41) is 5.66. The van der Waals surface area contributed by atoms with Crippen LogP contribution in [0.3, 0.4) is 0 Å². The third-order valence-corrected chi connectivity index (χ3v) is 7.79. The van der Waals surface area contributed by atoms with Gasteiger partial charge in [0, 0.05) is 25.2 Å². The van der Waals surface area contributed by atoms with Gasteiger partial charge < -0.3 is 10.6 Å². The van der Waals surface area contributed by atoms with Crippen molar-refractivity contribution in [2.24, 2.45) is 0 Å². The highest BCUT2D eigenvalue weighted by atomic mass is 32.2. The second kappa shape index (κ2) is 11.4. The fraction of sp³-hybridized carbons (Fsp3) is 0.440. The highest BCUT2D eigenvalue weighted by molar-refractivity contribution is 7.89. The Morgan fingerprint density at radius 2 is 1.64 bits per heavy atom. The topological polar surface area (TPSA) is 95.6 Å². The lowest BCUT2D eigenvalue weighted by Gasteiger charge is -2.20. The molecule has 2 N–H and O–H groups in total. The van der Waals surface area contributed by atoms with Crippen molar-refractivity contribution < 1.29 is 18.0 Å². The maximum absolute atomic E-state index is 13.2. The predicted octanol–water partition coefficient (Wildman–Crippen LogP) is 4.34. The van der Waals surface area contributed by atoms with Crippen molar-refractivity contribution in [1.29, 1.82) is 0 Å². The molecule has 2 amide bonds. The van der Waals surface area contributed by atoms with E-state index < -0.39 is 15.9 Å². The van der Waals surface area contributed by atoms with E-state index in [9.17, 15) is 18.0 Å². The first-order valence-electron chi connectivity index (χ1n) is 11.6. The first-order chi connectivity index (χ1) is 15.8. The molecule has 1 saturated heterocycles. The zero-order chi connectivity index (χ0) is 23.8. The first-order valence-corrected chi connectivity index (χ1v) is 13.1. The summed E-state index contributed by atoms with van der Waals surface area (Å²) in [6, 6.07) is 11.5. The van der Waals surface area contributed by atoms with Gasteiger partial charge in [-0.15, -0.1) is 0 Å². The number of nitrogens with one attached hydrogen (secondary N) is 2. The van der Waals surface area contributed by atoms with Gasteiger partial charge in [-0.05, 0) is 56.0 Å². The maximum atomic E-state index is 13.2. The average molecular weight is 472 g/mol. The molecule has 0 bridgehead atoms. The van der Waals surface area contributed by atoms with Gasteiger partial charge in [0.05, 0.1) is 16.1 Å². The smallest absolute Gasteiger partial charge is 0.255 e. The molecular formula is C25H33N3O4S. The summed E-state index contributed by atoms with van der Waals surface area (Å²) in [5.74, 6) is -0.706. The lowest BCUT2D eigenvalue weighted by Crippen LogP contribution is -2.32. The minimum atomic E-state index is -3.68. The molecule has 0 aromatic heterocycles. The number of carbonyl (C=O) groups excluding carboxylic acids is 2. The quantitative estimate of drug-likeness (QED) is 0.560. The molecule has 2 aromatic rings. The Morgan fingerprint density at radius 3 is 2.33 bits per heavy atom. The summed E-state index contributed by atoms with van der Waals surface area (Å²) in [7, 11) is -3.68. The molecule has 1 fully saturated rings. The van der Waals surface area contributed by atoms with Crippen LogP contribution in [0.2, 0.25) is 0 Å². The standard InChI is InChI=1S/C25H33N3O4S/c1-3-4-15-26-24(29)21-11-7-8-12-23(21)27-25(30)22-18-20(14-13-19(22)2)33(31,32)28-16-9-5-6-10-17-28/h7-8,11-14,18H,3-6,9-10,15-17H2,1-2H3,(H,26,29)(H,27,30). The van der Waals surface area contributed by atoms with Crippen molar-refractivity contribution in [1.82, 2.24) is 9.62 Å². The number of anilines is 1. The molecule has 7 nitrogen and oxygen atoms in total. The number of sulfonamides is 1. The predicted molar refractivity (Wildman–Crippen MR) is 130 cm³/mol. The van der Waals surface area contributed by atoms with E-state index in [2.05, 4.69) is 10.6 Å². The van der Waals surface area contributed by atoms with E-state index in [1.54, 1.807) is 43.3 Å². The lowest BCUT2D eigenvalue weighted by atomic mass is 10.1. The summed E-state index contributed by atoms with van der Waals surface area (Å²) in [4.78, 5) is 25.8. The van der Waals surface area contributed by atoms with Crippen molar-refractivity contribution in [3.8, 4) is 0 Å². The van der Waals surface area contributed by atoms with Crippen LogP contribution in [0.1, 0.15) is 71.7 Å². The largest absolute Gasteiger partial charge is 0.352 e. The Morgan fingerprint density at radius 1 is 0.939 bits per heavy atom. The zero-order valence-electron chi connectivity index (χ0n) is 19.4. The minimum Gasteiger partial charge on any atom is -0.352 e. The number of unbranched alkanes of at least 4 members (excludes halogenated alkanes) is 1. The van der Waals surface area contributed by atoms with Gasteiger partial charge in [0.25, 0.3) is 11.8 Å². The average Bonchev–Trinajstić information content (AvgIpc) is 3.10. The number of benzene rings is 2. The Balaban J connectivity index is 1.83. The summed E-state index contributed by atoms with van der Waals surface area (Å²) in [6.45, 7) is 5.37. The van der Waals surface area contributed by atoms with Crippen LogP contribution in [0.25, 0.3) is 0 Å². The Kier molecular flexibility index (Phi) is 8.63. The third kappa shape index (κ3) is 6.21. The van der Waals surface area contributed by atoms with Crippen molar-refractivity contribution in [2.75, 3.05) is 25.0 Å². The van der Waals surface area contributed by atoms with Crippen LogP contribution in [0.5, 0.6) is 0 Å². The fourth-order valence-corrected chi connectivity index (χ4v) is 5.43. The summed E-state index contributed by atoms with van der Waals surface area (Å²) >= 11 is 0.